The van der Waals surface area contributed by atoms with E-state index < -0.39 is 6.17 Å². The predicted octanol–water partition coefficient (Wildman–Crippen LogP) is 3.36. The van der Waals surface area contributed by atoms with Crippen molar-refractivity contribution in [1.82, 2.24) is 14.9 Å². The van der Waals surface area contributed by atoms with Gasteiger partial charge in [0.2, 0.25) is 5.95 Å². The molecule has 1 aromatic heterocycles. The molecule has 1 amide bonds. The number of likely N-dealkylation sites (tertiary alicyclic amines) is 1. The summed E-state index contributed by atoms with van der Waals surface area (Å²) in [4.78, 5) is 22.3. The number of nitrogens with zero attached hydrogens (tertiary/aromatic N) is 4. The first-order valence-electron chi connectivity index (χ1n) is 8.52. The maximum Gasteiger partial charge on any atom is 0.254 e. The second kappa shape index (κ2) is 8.18. The highest BCUT2D eigenvalue weighted by molar-refractivity contribution is 6.33. The number of halogens is 2. The molecule has 2 N–H and O–H groups in total. The SMILES string of the molecule is CCNc1nc(Nc2ccc(C(=O)N3CC[C@H](F)C3)cc2Cl)ncc1C#N. The third kappa shape index (κ3) is 4.26. The molecule has 1 saturated heterocycles. The topological polar surface area (TPSA) is 93.9 Å². The molecule has 7 nitrogen and oxygen atoms in total. The molecule has 2 aromatic rings. The van der Waals surface area contributed by atoms with Gasteiger partial charge in [-0.15, -0.1) is 0 Å². The van der Waals surface area contributed by atoms with E-state index in [1.54, 1.807) is 12.1 Å². The molecule has 1 aliphatic rings. The fraction of sp³-hybridized carbons (Fsp3) is 0.333. The summed E-state index contributed by atoms with van der Waals surface area (Å²) < 4.78 is 13.3. The second-order valence-corrected chi connectivity index (χ2v) is 6.46. The smallest absolute Gasteiger partial charge is 0.254 e. The summed E-state index contributed by atoms with van der Waals surface area (Å²) >= 11 is 6.29. The van der Waals surface area contributed by atoms with Gasteiger partial charge < -0.3 is 15.5 Å². The fourth-order valence-corrected chi connectivity index (χ4v) is 3.01. The van der Waals surface area contributed by atoms with Crippen LogP contribution in [0.5, 0.6) is 0 Å². The maximum atomic E-state index is 13.3. The van der Waals surface area contributed by atoms with Gasteiger partial charge in [-0.2, -0.15) is 10.2 Å². The van der Waals surface area contributed by atoms with Gasteiger partial charge in [0.1, 0.15) is 23.6 Å². The van der Waals surface area contributed by atoms with Gasteiger partial charge in [-0.05, 0) is 31.5 Å². The molecule has 0 bridgehead atoms. The van der Waals surface area contributed by atoms with Crippen molar-refractivity contribution in [1.29, 1.82) is 5.26 Å². The molecule has 9 heteroatoms. The van der Waals surface area contributed by atoms with Crippen molar-refractivity contribution in [3.05, 3.63) is 40.5 Å². The van der Waals surface area contributed by atoms with Crippen LogP contribution in [-0.4, -0.2) is 46.6 Å². The number of anilines is 3. The highest BCUT2D eigenvalue weighted by Crippen LogP contribution is 2.27. The van der Waals surface area contributed by atoms with Crippen molar-refractivity contribution in [2.45, 2.75) is 19.5 Å². The lowest BCUT2D eigenvalue weighted by Gasteiger charge is -2.16. The lowest BCUT2D eigenvalue weighted by Crippen LogP contribution is -2.28. The van der Waals surface area contributed by atoms with Crippen LogP contribution >= 0.6 is 11.6 Å². The van der Waals surface area contributed by atoms with E-state index in [0.717, 1.165) is 0 Å². The van der Waals surface area contributed by atoms with Crippen molar-refractivity contribution in [2.75, 3.05) is 30.3 Å². The number of hydrogen-bond donors (Lipinski definition) is 2. The molecule has 3 rings (SSSR count). The number of rotatable bonds is 5. The Balaban J connectivity index is 1.78. The van der Waals surface area contributed by atoms with E-state index in [1.165, 1.54) is 17.2 Å². The first-order valence-corrected chi connectivity index (χ1v) is 8.90. The summed E-state index contributed by atoms with van der Waals surface area (Å²) in [5.74, 6) is 0.452. The minimum Gasteiger partial charge on any atom is -0.369 e. The summed E-state index contributed by atoms with van der Waals surface area (Å²) in [5.41, 5.74) is 1.25. The molecule has 0 unspecified atom stereocenters. The third-order valence-corrected chi connectivity index (χ3v) is 4.45. The lowest BCUT2D eigenvalue weighted by atomic mass is 10.2. The molecular weight excluding hydrogens is 371 g/mol. The molecule has 1 aliphatic heterocycles. The summed E-state index contributed by atoms with van der Waals surface area (Å²) in [6.07, 6.45) is 0.813. The zero-order valence-corrected chi connectivity index (χ0v) is 15.4. The van der Waals surface area contributed by atoms with Crippen molar-refractivity contribution >= 4 is 35.0 Å². The average molecular weight is 389 g/mol. The Kier molecular flexibility index (Phi) is 5.72. The van der Waals surface area contributed by atoms with Gasteiger partial charge in [-0.3, -0.25) is 4.79 Å². The monoisotopic (exact) mass is 388 g/mol. The minimum absolute atomic E-state index is 0.114. The van der Waals surface area contributed by atoms with Crippen LogP contribution in [0.25, 0.3) is 0 Å². The van der Waals surface area contributed by atoms with Gasteiger partial charge in [0, 0.05) is 18.7 Å². The summed E-state index contributed by atoms with van der Waals surface area (Å²) in [6.45, 7) is 3.03. The Hall–Kier alpha value is -2.92. The Morgan fingerprint density at radius 3 is 2.96 bits per heavy atom. The van der Waals surface area contributed by atoms with Crippen LogP contribution in [-0.2, 0) is 0 Å². The number of benzene rings is 1. The third-order valence-electron chi connectivity index (χ3n) is 4.13. The minimum atomic E-state index is -0.968. The second-order valence-electron chi connectivity index (χ2n) is 6.05. The van der Waals surface area contributed by atoms with Crippen LogP contribution in [0.3, 0.4) is 0 Å². The number of alkyl halides is 1. The fourth-order valence-electron chi connectivity index (χ4n) is 2.78. The number of carbonyl (C=O) groups excluding carboxylic acids is 1. The first-order chi connectivity index (χ1) is 13.0. The Morgan fingerprint density at radius 1 is 1.52 bits per heavy atom. The van der Waals surface area contributed by atoms with E-state index in [0.29, 0.717) is 47.2 Å². The van der Waals surface area contributed by atoms with Crippen LogP contribution in [0.1, 0.15) is 29.3 Å². The van der Waals surface area contributed by atoms with E-state index in [9.17, 15) is 9.18 Å². The molecule has 2 heterocycles. The average Bonchev–Trinajstić information content (AvgIpc) is 3.10. The molecule has 1 fully saturated rings. The summed E-state index contributed by atoms with van der Waals surface area (Å²) in [7, 11) is 0. The number of nitriles is 1. The molecule has 1 atom stereocenters. The van der Waals surface area contributed by atoms with Crippen molar-refractivity contribution in [3.63, 3.8) is 0 Å². The van der Waals surface area contributed by atoms with Gasteiger partial charge in [0.25, 0.3) is 5.91 Å². The van der Waals surface area contributed by atoms with Crippen LogP contribution < -0.4 is 10.6 Å². The molecule has 0 spiro atoms. The van der Waals surface area contributed by atoms with Gasteiger partial charge in [0.15, 0.2) is 0 Å². The Morgan fingerprint density at radius 2 is 2.33 bits per heavy atom. The van der Waals surface area contributed by atoms with E-state index in [1.807, 2.05) is 13.0 Å². The van der Waals surface area contributed by atoms with Crippen LogP contribution in [0.15, 0.2) is 24.4 Å². The van der Waals surface area contributed by atoms with Crippen LogP contribution in [0.2, 0.25) is 5.02 Å². The molecule has 27 heavy (non-hydrogen) atoms. The zero-order chi connectivity index (χ0) is 19.4. The van der Waals surface area contributed by atoms with Gasteiger partial charge in [-0.1, -0.05) is 11.6 Å². The van der Waals surface area contributed by atoms with E-state index in [4.69, 9.17) is 16.9 Å². The molecule has 1 aromatic carbocycles. The Bertz CT molecular complexity index is 900. The van der Waals surface area contributed by atoms with E-state index in [2.05, 4.69) is 20.6 Å². The highest BCUT2D eigenvalue weighted by atomic mass is 35.5. The number of amides is 1. The van der Waals surface area contributed by atoms with Crippen LogP contribution in [0.4, 0.5) is 21.8 Å². The molecule has 0 radical (unpaired) electrons. The van der Waals surface area contributed by atoms with Gasteiger partial charge in [0.05, 0.1) is 23.5 Å². The van der Waals surface area contributed by atoms with Crippen molar-refractivity contribution < 1.29 is 9.18 Å². The summed E-state index contributed by atoms with van der Waals surface area (Å²) in [5, 5.41) is 15.4. The number of hydrogen-bond acceptors (Lipinski definition) is 6. The molecule has 0 aliphatic carbocycles. The number of aromatic nitrogens is 2. The predicted molar refractivity (Wildman–Crippen MR) is 101 cm³/mol. The number of nitrogens with one attached hydrogen (secondary N) is 2. The normalized spacial score (nSPS) is 16.1. The Labute approximate surface area is 161 Å². The lowest BCUT2D eigenvalue weighted by molar-refractivity contribution is 0.0783. The standard InChI is InChI=1S/C18H18ClFN6O/c1-2-22-16-12(8-21)9-23-18(25-16)24-15-4-3-11(7-14(15)19)17(27)26-6-5-13(20)10-26/h3-4,7,9,13H,2,5-6,10H2,1H3,(H2,22,23,24,25)/t13-/m0/s1. The zero-order valence-electron chi connectivity index (χ0n) is 14.7. The van der Waals surface area contributed by atoms with Crippen LogP contribution in [0, 0.1) is 11.3 Å². The van der Waals surface area contributed by atoms with E-state index in [-0.39, 0.29) is 18.4 Å². The largest absolute Gasteiger partial charge is 0.369 e. The quantitative estimate of drug-likeness (QED) is 0.815. The van der Waals surface area contributed by atoms with E-state index >= 15 is 0 Å². The molecule has 140 valence electrons. The van der Waals surface area contributed by atoms with Crippen molar-refractivity contribution in [2.24, 2.45) is 0 Å². The van der Waals surface area contributed by atoms with Gasteiger partial charge in [-0.25, -0.2) is 9.37 Å². The first kappa shape index (κ1) is 18.9. The summed E-state index contributed by atoms with van der Waals surface area (Å²) in [6, 6.07) is 6.82. The maximum absolute atomic E-state index is 13.3. The molecular formula is C18H18ClFN6O. The van der Waals surface area contributed by atoms with Crippen molar-refractivity contribution in [3.8, 4) is 6.07 Å². The number of carbonyl (C=O) groups is 1. The molecule has 0 saturated carbocycles. The highest BCUT2D eigenvalue weighted by Gasteiger charge is 2.26. The van der Waals surface area contributed by atoms with Gasteiger partial charge >= 0.3 is 0 Å².